The average Bonchev–Trinajstić information content (AvgIpc) is 2.47. The second-order valence-electron chi connectivity index (χ2n) is 5.17. The normalized spacial score (nSPS) is 10.2. The van der Waals surface area contributed by atoms with Gasteiger partial charge in [0.25, 0.3) is 0 Å². The molecule has 1 aromatic rings. The van der Waals surface area contributed by atoms with Crippen LogP contribution in [-0.2, 0) is 17.8 Å². The molecule has 0 fully saturated rings. The summed E-state index contributed by atoms with van der Waals surface area (Å²) in [5.74, 6) is 0.119. The van der Waals surface area contributed by atoms with Crippen LogP contribution in [-0.4, -0.2) is 30.4 Å². The number of primary amides is 1. The number of benzene rings is 1. The first kappa shape index (κ1) is 17.0. The topological polar surface area (TPSA) is 75.4 Å². The van der Waals surface area contributed by atoms with E-state index in [2.05, 4.69) is 36.5 Å². The Morgan fingerprint density at radius 3 is 2.33 bits per heavy atom. The molecule has 0 aliphatic carbocycles. The van der Waals surface area contributed by atoms with Crippen LogP contribution in [0.15, 0.2) is 24.3 Å². The van der Waals surface area contributed by atoms with Gasteiger partial charge in [-0.15, -0.1) is 0 Å². The molecular weight excluding hydrogens is 266 g/mol. The Bertz CT molecular complexity index is 457. The van der Waals surface area contributed by atoms with Crippen molar-refractivity contribution in [1.82, 2.24) is 10.2 Å². The quantitative estimate of drug-likeness (QED) is 0.719. The first-order valence-corrected chi connectivity index (χ1v) is 7.38. The van der Waals surface area contributed by atoms with Gasteiger partial charge in [0.15, 0.2) is 0 Å². The fourth-order valence-electron chi connectivity index (χ4n) is 2.05. The van der Waals surface area contributed by atoms with Gasteiger partial charge in [-0.05, 0) is 30.4 Å². The molecule has 3 N–H and O–H groups in total. The largest absolute Gasteiger partial charge is 0.352 e. The van der Waals surface area contributed by atoms with Crippen molar-refractivity contribution in [2.24, 2.45) is 5.73 Å². The highest BCUT2D eigenvalue weighted by atomic mass is 16.2. The molecule has 0 bridgehead atoms. The Morgan fingerprint density at radius 1 is 1.14 bits per heavy atom. The Hall–Kier alpha value is -2.04. The van der Waals surface area contributed by atoms with E-state index < -0.39 is 6.03 Å². The second kappa shape index (κ2) is 9.00. The molecule has 116 valence electrons. The number of nitrogens with one attached hydrogen (secondary N) is 1. The molecule has 0 aliphatic heterocycles. The van der Waals surface area contributed by atoms with Crippen LogP contribution in [0.5, 0.6) is 0 Å². The number of amides is 3. The van der Waals surface area contributed by atoms with Crippen LogP contribution in [0.4, 0.5) is 4.79 Å². The molecule has 1 aromatic carbocycles. The summed E-state index contributed by atoms with van der Waals surface area (Å²) in [6.45, 7) is 3.27. The van der Waals surface area contributed by atoms with Gasteiger partial charge in [-0.2, -0.15) is 0 Å². The van der Waals surface area contributed by atoms with Gasteiger partial charge in [0.2, 0.25) is 5.91 Å². The van der Waals surface area contributed by atoms with E-state index in [1.807, 2.05) is 7.05 Å². The van der Waals surface area contributed by atoms with Gasteiger partial charge in [-0.3, -0.25) is 4.79 Å². The van der Waals surface area contributed by atoms with Crippen molar-refractivity contribution in [3.05, 3.63) is 35.4 Å². The van der Waals surface area contributed by atoms with Crippen molar-refractivity contribution in [3.8, 4) is 0 Å². The summed E-state index contributed by atoms with van der Waals surface area (Å²) in [7, 11) is 1.82. The van der Waals surface area contributed by atoms with E-state index in [0.717, 1.165) is 24.8 Å². The van der Waals surface area contributed by atoms with Gasteiger partial charge in [0.05, 0.1) is 0 Å². The molecule has 1 rings (SSSR count). The van der Waals surface area contributed by atoms with Gasteiger partial charge in [-0.1, -0.05) is 31.2 Å². The Kier molecular flexibility index (Phi) is 7.29. The lowest BCUT2D eigenvalue weighted by atomic mass is 10.1. The third-order valence-electron chi connectivity index (χ3n) is 3.39. The maximum Gasteiger partial charge on any atom is 0.312 e. The lowest BCUT2D eigenvalue weighted by Gasteiger charge is -2.17. The summed E-state index contributed by atoms with van der Waals surface area (Å²) < 4.78 is 0. The maximum absolute atomic E-state index is 12.0. The molecule has 0 aromatic heterocycles. The molecule has 0 saturated carbocycles. The van der Waals surface area contributed by atoms with Gasteiger partial charge in [0, 0.05) is 26.6 Å². The maximum atomic E-state index is 12.0. The number of unbranched alkanes of at least 4 members (excludes halogenated alkanes) is 1. The fourth-order valence-corrected chi connectivity index (χ4v) is 2.05. The molecular formula is C16H25N3O2. The Balaban J connectivity index is 2.28. The van der Waals surface area contributed by atoms with Crippen LogP contribution in [0.1, 0.15) is 37.3 Å². The minimum atomic E-state index is -0.519. The van der Waals surface area contributed by atoms with E-state index in [1.54, 1.807) is 4.90 Å². The van der Waals surface area contributed by atoms with Crippen LogP contribution in [0.25, 0.3) is 0 Å². The van der Waals surface area contributed by atoms with Gasteiger partial charge in [0.1, 0.15) is 0 Å². The number of rotatable bonds is 8. The van der Waals surface area contributed by atoms with E-state index >= 15 is 0 Å². The molecule has 0 saturated heterocycles. The SMILES string of the molecule is CCc1ccc(CN(C)C(=O)CCCCNC(N)=O)cc1. The van der Waals surface area contributed by atoms with Crippen molar-refractivity contribution in [2.45, 2.75) is 39.2 Å². The van der Waals surface area contributed by atoms with E-state index in [4.69, 9.17) is 5.73 Å². The summed E-state index contributed by atoms with van der Waals surface area (Å²) in [5.41, 5.74) is 7.40. The summed E-state index contributed by atoms with van der Waals surface area (Å²) in [4.78, 5) is 24.2. The number of hydrogen-bond donors (Lipinski definition) is 2. The molecule has 0 radical (unpaired) electrons. The monoisotopic (exact) mass is 291 g/mol. The predicted molar refractivity (Wildman–Crippen MR) is 83.7 cm³/mol. The van der Waals surface area contributed by atoms with Crippen molar-refractivity contribution in [2.75, 3.05) is 13.6 Å². The second-order valence-corrected chi connectivity index (χ2v) is 5.17. The van der Waals surface area contributed by atoms with E-state index in [1.165, 1.54) is 5.56 Å². The van der Waals surface area contributed by atoms with Gasteiger partial charge in [-0.25, -0.2) is 4.79 Å². The molecule has 0 unspecified atom stereocenters. The molecule has 21 heavy (non-hydrogen) atoms. The molecule has 0 atom stereocenters. The molecule has 0 heterocycles. The van der Waals surface area contributed by atoms with E-state index in [9.17, 15) is 9.59 Å². The molecule has 5 heteroatoms. The highest BCUT2D eigenvalue weighted by Crippen LogP contribution is 2.09. The number of carbonyl (C=O) groups excluding carboxylic acids is 2. The van der Waals surface area contributed by atoms with E-state index in [0.29, 0.717) is 19.5 Å². The zero-order valence-corrected chi connectivity index (χ0v) is 12.9. The number of carbonyl (C=O) groups is 2. The van der Waals surface area contributed by atoms with Crippen LogP contribution >= 0.6 is 0 Å². The number of aryl methyl sites for hydroxylation is 1. The summed E-state index contributed by atoms with van der Waals surface area (Å²) in [5, 5.41) is 2.51. The van der Waals surface area contributed by atoms with Crippen LogP contribution in [0.3, 0.4) is 0 Å². The zero-order valence-electron chi connectivity index (χ0n) is 12.9. The van der Waals surface area contributed by atoms with Crippen LogP contribution in [0, 0.1) is 0 Å². The first-order valence-electron chi connectivity index (χ1n) is 7.38. The zero-order chi connectivity index (χ0) is 15.7. The van der Waals surface area contributed by atoms with Gasteiger partial charge >= 0.3 is 6.03 Å². The number of nitrogens with zero attached hydrogens (tertiary/aromatic N) is 1. The van der Waals surface area contributed by atoms with Gasteiger partial charge < -0.3 is 16.0 Å². The first-order chi connectivity index (χ1) is 10.0. The summed E-state index contributed by atoms with van der Waals surface area (Å²) >= 11 is 0. The number of nitrogens with two attached hydrogens (primary N) is 1. The Morgan fingerprint density at radius 2 is 1.76 bits per heavy atom. The highest BCUT2D eigenvalue weighted by molar-refractivity contribution is 5.75. The number of urea groups is 1. The molecule has 5 nitrogen and oxygen atoms in total. The molecule has 0 aliphatic rings. The molecule has 0 spiro atoms. The minimum absolute atomic E-state index is 0.119. The lowest BCUT2D eigenvalue weighted by Crippen LogP contribution is -2.30. The van der Waals surface area contributed by atoms with E-state index in [-0.39, 0.29) is 5.91 Å². The Labute approximate surface area is 126 Å². The van der Waals surface area contributed by atoms with Crippen molar-refractivity contribution < 1.29 is 9.59 Å². The van der Waals surface area contributed by atoms with Crippen LogP contribution < -0.4 is 11.1 Å². The highest BCUT2D eigenvalue weighted by Gasteiger charge is 2.08. The van der Waals surface area contributed by atoms with Crippen molar-refractivity contribution >= 4 is 11.9 Å². The fraction of sp³-hybridized carbons (Fsp3) is 0.500. The van der Waals surface area contributed by atoms with Crippen molar-refractivity contribution in [3.63, 3.8) is 0 Å². The third-order valence-corrected chi connectivity index (χ3v) is 3.39. The van der Waals surface area contributed by atoms with Crippen LogP contribution in [0.2, 0.25) is 0 Å². The smallest absolute Gasteiger partial charge is 0.312 e. The predicted octanol–water partition coefficient (Wildman–Crippen LogP) is 2.05. The van der Waals surface area contributed by atoms with Crippen molar-refractivity contribution in [1.29, 1.82) is 0 Å². The lowest BCUT2D eigenvalue weighted by molar-refractivity contribution is -0.130. The third kappa shape index (κ3) is 6.79. The minimum Gasteiger partial charge on any atom is -0.352 e. The number of hydrogen-bond acceptors (Lipinski definition) is 2. The molecule has 3 amide bonds. The summed E-state index contributed by atoms with van der Waals surface area (Å²) in [6.07, 6.45) is 3.02. The average molecular weight is 291 g/mol. The standard InChI is InChI=1S/C16H25N3O2/c1-3-13-7-9-14(10-8-13)12-19(2)15(20)6-4-5-11-18-16(17)21/h7-10H,3-6,11-12H2,1-2H3,(H3,17,18,21). The summed E-state index contributed by atoms with van der Waals surface area (Å²) in [6, 6.07) is 7.82.